The van der Waals surface area contributed by atoms with E-state index in [0.717, 1.165) is 11.4 Å². The molecule has 1 aromatic carbocycles. The smallest absolute Gasteiger partial charge is 0.143 e. The number of nitrogens with zero attached hydrogens (tertiary/aromatic N) is 4. The molecular formula is C14H21N5. The fourth-order valence-electron chi connectivity index (χ4n) is 2.08. The second-order valence-corrected chi connectivity index (χ2v) is 4.85. The molecule has 0 fully saturated rings. The van der Waals surface area contributed by atoms with Gasteiger partial charge in [-0.2, -0.15) is 0 Å². The van der Waals surface area contributed by atoms with Crippen LogP contribution in [0.15, 0.2) is 30.6 Å². The van der Waals surface area contributed by atoms with Crippen molar-refractivity contribution in [2.24, 2.45) is 0 Å². The Morgan fingerprint density at radius 3 is 2.95 bits per heavy atom. The third-order valence-corrected chi connectivity index (χ3v) is 3.11. The Bertz CT molecular complexity index is 480. The number of benzene rings is 1. The quantitative estimate of drug-likeness (QED) is 0.776. The predicted molar refractivity (Wildman–Crippen MR) is 76.4 cm³/mol. The van der Waals surface area contributed by atoms with Gasteiger partial charge in [0, 0.05) is 11.7 Å². The summed E-state index contributed by atoms with van der Waals surface area (Å²) in [7, 11) is 0. The van der Waals surface area contributed by atoms with Gasteiger partial charge in [-0.1, -0.05) is 32.3 Å². The van der Waals surface area contributed by atoms with Crippen molar-refractivity contribution < 1.29 is 0 Å². The highest BCUT2D eigenvalue weighted by molar-refractivity contribution is 5.51. The van der Waals surface area contributed by atoms with Crippen LogP contribution in [0.25, 0.3) is 5.69 Å². The zero-order chi connectivity index (χ0) is 13.5. The van der Waals surface area contributed by atoms with Gasteiger partial charge in [-0.15, -0.1) is 5.10 Å². The third kappa shape index (κ3) is 4.05. The monoisotopic (exact) mass is 259 g/mol. The molecule has 5 heteroatoms. The second-order valence-electron chi connectivity index (χ2n) is 4.85. The fraction of sp³-hybridized carbons (Fsp3) is 0.500. The van der Waals surface area contributed by atoms with Crippen LogP contribution in [0.5, 0.6) is 0 Å². The first-order chi connectivity index (χ1) is 9.29. The molecule has 5 nitrogen and oxygen atoms in total. The SMILES string of the molecule is CCCCCC(C)Nc1cccc(-n2cnnn2)c1. The lowest BCUT2D eigenvalue weighted by Gasteiger charge is -2.15. The van der Waals surface area contributed by atoms with Crippen LogP contribution in [-0.2, 0) is 0 Å². The third-order valence-electron chi connectivity index (χ3n) is 3.11. The van der Waals surface area contributed by atoms with Crippen molar-refractivity contribution in [2.45, 2.75) is 45.6 Å². The van der Waals surface area contributed by atoms with Crippen molar-refractivity contribution in [3.63, 3.8) is 0 Å². The van der Waals surface area contributed by atoms with Crippen molar-refractivity contribution in [1.82, 2.24) is 20.2 Å². The zero-order valence-electron chi connectivity index (χ0n) is 11.6. The minimum Gasteiger partial charge on any atom is -0.383 e. The molecule has 2 rings (SSSR count). The van der Waals surface area contributed by atoms with Crippen molar-refractivity contribution >= 4 is 5.69 Å². The molecule has 0 saturated carbocycles. The van der Waals surface area contributed by atoms with Crippen molar-refractivity contribution in [2.75, 3.05) is 5.32 Å². The summed E-state index contributed by atoms with van der Waals surface area (Å²) in [4.78, 5) is 0. The summed E-state index contributed by atoms with van der Waals surface area (Å²) in [6, 6.07) is 8.62. The minimum absolute atomic E-state index is 0.482. The Balaban J connectivity index is 1.95. The highest BCUT2D eigenvalue weighted by atomic mass is 15.5. The van der Waals surface area contributed by atoms with E-state index in [9.17, 15) is 0 Å². The van der Waals surface area contributed by atoms with E-state index in [0.29, 0.717) is 6.04 Å². The molecule has 0 radical (unpaired) electrons. The Morgan fingerprint density at radius 1 is 1.32 bits per heavy atom. The van der Waals surface area contributed by atoms with Crippen LogP contribution in [0.1, 0.15) is 39.5 Å². The number of tetrazole rings is 1. The van der Waals surface area contributed by atoms with E-state index >= 15 is 0 Å². The molecule has 2 aromatic rings. The summed E-state index contributed by atoms with van der Waals surface area (Å²) in [6.45, 7) is 4.45. The molecule has 19 heavy (non-hydrogen) atoms. The molecule has 0 spiro atoms. The Morgan fingerprint density at radius 2 is 2.21 bits per heavy atom. The van der Waals surface area contributed by atoms with Crippen LogP contribution >= 0.6 is 0 Å². The topological polar surface area (TPSA) is 55.6 Å². The average Bonchev–Trinajstić information content (AvgIpc) is 2.93. The zero-order valence-corrected chi connectivity index (χ0v) is 11.6. The Kier molecular flexibility index (Phi) is 4.89. The first kappa shape index (κ1) is 13.5. The molecule has 1 heterocycles. The second kappa shape index (κ2) is 6.87. The maximum absolute atomic E-state index is 3.90. The number of nitrogens with one attached hydrogen (secondary N) is 1. The van der Waals surface area contributed by atoms with Crippen LogP contribution in [0.4, 0.5) is 5.69 Å². The molecule has 0 bridgehead atoms. The molecule has 0 saturated heterocycles. The lowest BCUT2D eigenvalue weighted by atomic mass is 10.1. The molecule has 0 amide bonds. The Labute approximate surface area is 114 Å². The van der Waals surface area contributed by atoms with Gasteiger partial charge in [0.2, 0.25) is 0 Å². The molecule has 0 aliphatic rings. The summed E-state index contributed by atoms with van der Waals surface area (Å²) in [5.41, 5.74) is 2.08. The van der Waals surface area contributed by atoms with E-state index in [1.165, 1.54) is 25.7 Å². The standard InChI is InChI=1S/C14H21N5/c1-3-4-5-7-12(2)16-13-8-6-9-14(10-13)19-11-15-17-18-19/h6,8-12,16H,3-5,7H2,1-2H3. The summed E-state index contributed by atoms with van der Waals surface area (Å²) in [5.74, 6) is 0. The molecule has 102 valence electrons. The van der Waals surface area contributed by atoms with Crippen molar-refractivity contribution in [3.05, 3.63) is 30.6 Å². The van der Waals surface area contributed by atoms with Gasteiger partial charge in [0.15, 0.2) is 0 Å². The first-order valence-electron chi connectivity index (χ1n) is 6.89. The molecular weight excluding hydrogens is 238 g/mol. The summed E-state index contributed by atoms with van der Waals surface area (Å²) >= 11 is 0. The lowest BCUT2D eigenvalue weighted by molar-refractivity contribution is 0.615. The maximum atomic E-state index is 3.90. The first-order valence-corrected chi connectivity index (χ1v) is 6.89. The van der Waals surface area contributed by atoms with Crippen LogP contribution in [-0.4, -0.2) is 26.2 Å². The normalized spacial score (nSPS) is 12.3. The number of rotatable bonds is 7. The summed E-state index contributed by atoms with van der Waals surface area (Å²) < 4.78 is 1.66. The van der Waals surface area contributed by atoms with Gasteiger partial charge < -0.3 is 5.32 Å². The van der Waals surface area contributed by atoms with Gasteiger partial charge >= 0.3 is 0 Å². The van der Waals surface area contributed by atoms with Gasteiger partial charge in [0.05, 0.1) is 5.69 Å². The summed E-state index contributed by atoms with van der Waals surface area (Å²) in [6.07, 6.45) is 6.64. The molecule has 0 aliphatic carbocycles. The van der Waals surface area contributed by atoms with E-state index in [2.05, 4.69) is 46.8 Å². The number of unbranched alkanes of at least 4 members (excludes halogenated alkanes) is 2. The van der Waals surface area contributed by atoms with Gasteiger partial charge in [0.25, 0.3) is 0 Å². The molecule has 1 N–H and O–H groups in total. The number of anilines is 1. The number of hydrogen-bond acceptors (Lipinski definition) is 4. The van der Waals surface area contributed by atoms with Crippen LogP contribution in [0, 0.1) is 0 Å². The maximum Gasteiger partial charge on any atom is 0.143 e. The number of hydrogen-bond donors (Lipinski definition) is 1. The highest BCUT2D eigenvalue weighted by Gasteiger charge is 2.03. The lowest BCUT2D eigenvalue weighted by Crippen LogP contribution is -2.15. The van der Waals surface area contributed by atoms with Crippen LogP contribution < -0.4 is 5.32 Å². The minimum atomic E-state index is 0.482. The van der Waals surface area contributed by atoms with Crippen molar-refractivity contribution in [3.8, 4) is 5.69 Å². The Hall–Kier alpha value is -1.91. The van der Waals surface area contributed by atoms with Crippen molar-refractivity contribution in [1.29, 1.82) is 0 Å². The van der Waals surface area contributed by atoms with Crippen LogP contribution in [0.3, 0.4) is 0 Å². The van der Waals surface area contributed by atoms with Gasteiger partial charge in [0.1, 0.15) is 6.33 Å². The number of aromatic nitrogens is 4. The average molecular weight is 259 g/mol. The molecule has 1 aromatic heterocycles. The molecule has 1 atom stereocenters. The van der Waals surface area contributed by atoms with E-state index in [1.54, 1.807) is 11.0 Å². The van der Waals surface area contributed by atoms with Gasteiger partial charge in [-0.3, -0.25) is 0 Å². The van der Waals surface area contributed by atoms with Gasteiger partial charge in [-0.25, -0.2) is 4.68 Å². The fourth-order valence-corrected chi connectivity index (χ4v) is 2.08. The van der Waals surface area contributed by atoms with E-state index < -0.39 is 0 Å². The summed E-state index contributed by atoms with van der Waals surface area (Å²) in [5, 5.41) is 14.7. The van der Waals surface area contributed by atoms with E-state index in [-0.39, 0.29) is 0 Å². The van der Waals surface area contributed by atoms with E-state index in [1.807, 2.05) is 12.1 Å². The largest absolute Gasteiger partial charge is 0.383 e. The van der Waals surface area contributed by atoms with Crippen LogP contribution in [0.2, 0.25) is 0 Å². The molecule has 0 aliphatic heterocycles. The van der Waals surface area contributed by atoms with E-state index in [4.69, 9.17) is 0 Å². The molecule has 1 unspecified atom stereocenters. The predicted octanol–water partition coefficient (Wildman–Crippen LogP) is 3.04. The van der Waals surface area contributed by atoms with Gasteiger partial charge in [-0.05, 0) is 42.0 Å². The highest BCUT2D eigenvalue weighted by Crippen LogP contribution is 2.16.